The third-order valence-electron chi connectivity index (χ3n) is 5.28. The zero-order chi connectivity index (χ0) is 21.6. The highest BCUT2D eigenvalue weighted by molar-refractivity contribution is 9.10. The van der Waals surface area contributed by atoms with Crippen LogP contribution in [0.3, 0.4) is 0 Å². The van der Waals surface area contributed by atoms with E-state index in [-0.39, 0.29) is 5.91 Å². The lowest BCUT2D eigenvalue weighted by Crippen LogP contribution is -2.51. The van der Waals surface area contributed by atoms with Gasteiger partial charge in [-0.15, -0.1) is 0 Å². The molecule has 0 spiro atoms. The Bertz CT molecular complexity index is 966. The number of halogens is 1. The number of rotatable bonds is 7. The number of carbonyl (C=O) groups excluding carboxylic acids is 2. The summed E-state index contributed by atoms with van der Waals surface area (Å²) in [6.45, 7) is 1.88. The lowest BCUT2D eigenvalue weighted by Gasteiger charge is -2.31. The highest BCUT2D eigenvalue weighted by Gasteiger charge is 2.39. The van der Waals surface area contributed by atoms with Crippen molar-refractivity contribution in [2.24, 2.45) is 0 Å². The summed E-state index contributed by atoms with van der Waals surface area (Å²) in [5, 5.41) is 2.94. The number of ether oxygens (including phenoxy) is 1. The lowest BCUT2D eigenvalue weighted by atomic mass is 9.75. The number of benzene rings is 3. The second-order valence-corrected chi connectivity index (χ2v) is 8.16. The molecular weight excluding hydrogens is 442 g/mol. The van der Waals surface area contributed by atoms with Crippen molar-refractivity contribution in [2.75, 3.05) is 7.11 Å². The normalized spacial score (nSPS) is 12.1. The van der Waals surface area contributed by atoms with Gasteiger partial charge in [0, 0.05) is 10.9 Å². The Labute approximate surface area is 185 Å². The van der Waals surface area contributed by atoms with Crippen LogP contribution in [-0.2, 0) is 26.2 Å². The molecule has 4 nitrogen and oxygen atoms in total. The molecule has 0 unspecified atom stereocenters. The summed E-state index contributed by atoms with van der Waals surface area (Å²) in [6.07, 6.45) is 0.331. The van der Waals surface area contributed by atoms with E-state index in [9.17, 15) is 9.59 Å². The largest absolute Gasteiger partial charge is 0.467 e. The number of methoxy groups -OCH3 is 1. The Morgan fingerprint density at radius 3 is 2.00 bits per heavy atom. The third kappa shape index (κ3) is 4.79. The quantitative estimate of drug-likeness (QED) is 0.516. The van der Waals surface area contributed by atoms with Crippen LogP contribution in [-0.4, -0.2) is 25.0 Å². The maximum atomic E-state index is 13.6. The second kappa shape index (κ2) is 9.72. The maximum absolute atomic E-state index is 13.6. The molecule has 1 N–H and O–H groups in total. The minimum absolute atomic E-state index is 0.259. The van der Waals surface area contributed by atoms with E-state index >= 15 is 0 Å². The van der Waals surface area contributed by atoms with Crippen LogP contribution in [0.2, 0.25) is 0 Å². The molecule has 0 radical (unpaired) electrons. The molecule has 0 aliphatic heterocycles. The zero-order valence-corrected chi connectivity index (χ0v) is 18.6. The van der Waals surface area contributed by atoms with Gasteiger partial charge in [-0.25, -0.2) is 4.79 Å². The van der Waals surface area contributed by atoms with Gasteiger partial charge in [-0.05, 0) is 35.7 Å². The van der Waals surface area contributed by atoms with Crippen LogP contribution in [0.15, 0.2) is 89.4 Å². The van der Waals surface area contributed by atoms with Gasteiger partial charge in [0.2, 0.25) is 5.91 Å². The summed E-state index contributed by atoms with van der Waals surface area (Å²) < 4.78 is 5.88. The molecule has 0 aliphatic rings. The first-order valence-electron chi connectivity index (χ1n) is 9.69. The number of carbonyl (C=O) groups is 2. The van der Waals surface area contributed by atoms with Gasteiger partial charge in [0.25, 0.3) is 0 Å². The Kier molecular flexibility index (Phi) is 7.06. The molecule has 0 saturated carbocycles. The van der Waals surface area contributed by atoms with E-state index in [4.69, 9.17) is 4.74 Å². The molecule has 0 aromatic heterocycles. The number of nitrogens with one attached hydrogen (secondary N) is 1. The van der Waals surface area contributed by atoms with Crippen LogP contribution in [0.1, 0.15) is 23.6 Å². The molecule has 0 aliphatic carbocycles. The van der Waals surface area contributed by atoms with Crippen molar-refractivity contribution < 1.29 is 14.3 Å². The first-order valence-corrected chi connectivity index (χ1v) is 10.5. The molecule has 30 heavy (non-hydrogen) atoms. The summed E-state index contributed by atoms with van der Waals surface area (Å²) in [5.41, 5.74) is 1.65. The van der Waals surface area contributed by atoms with Crippen molar-refractivity contribution in [3.63, 3.8) is 0 Å². The molecular formula is C25H24BrNO3. The molecule has 0 bridgehead atoms. The molecule has 3 rings (SSSR count). The predicted molar refractivity (Wildman–Crippen MR) is 121 cm³/mol. The van der Waals surface area contributed by atoms with E-state index in [2.05, 4.69) is 21.2 Å². The summed E-state index contributed by atoms with van der Waals surface area (Å²) in [5.74, 6) is -0.739. The number of hydrogen-bond donors (Lipinski definition) is 1. The van der Waals surface area contributed by atoms with Gasteiger partial charge < -0.3 is 10.1 Å². The second-order valence-electron chi connectivity index (χ2n) is 7.24. The van der Waals surface area contributed by atoms with Gasteiger partial charge in [-0.1, -0.05) is 88.7 Å². The molecule has 1 amide bonds. The summed E-state index contributed by atoms with van der Waals surface area (Å²) >= 11 is 3.45. The SMILES string of the molecule is COC(=O)[C@@H](Cc1cccc(Br)c1)NC(=O)C(C)(c1ccccc1)c1ccccc1. The Morgan fingerprint density at radius 2 is 1.50 bits per heavy atom. The van der Waals surface area contributed by atoms with Gasteiger partial charge >= 0.3 is 5.97 Å². The van der Waals surface area contributed by atoms with E-state index in [1.165, 1.54) is 7.11 Å². The molecule has 3 aromatic carbocycles. The smallest absolute Gasteiger partial charge is 0.328 e. The number of hydrogen-bond acceptors (Lipinski definition) is 3. The van der Waals surface area contributed by atoms with E-state index in [0.29, 0.717) is 6.42 Å². The molecule has 0 heterocycles. The van der Waals surface area contributed by atoms with Gasteiger partial charge in [0.05, 0.1) is 12.5 Å². The highest BCUT2D eigenvalue weighted by Crippen LogP contribution is 2.32. The average Bonchev–Trinajstić information content (AvgIpc) is 2.78. The molecule has 0 fully saturated rings. The van der Waals surface area contributed by atoms with Crippen molar-refractivity contribution in [2.45, 2.75) is 24.8 Å². The van der Waals surface area contributed by atoms with Crippen molar-refractivity contribution in [3.05, 3.63) is 106 Å². The first kappa shape index (κ1) is 21.8. The number of esters is 1. The summed E-state index contributed by atoms with van der Waals surface area (Å²) in [6, 6.07) is 26.0. The van der Waals surface area contributed by atoms with Gasteiger partial charge in [-0.3, -0.25) is 4.79 Å². The molecule has 3 aromatic rings. The van der Waals surface area contributed by atoms with E-state index in [1.807, 2.05) is 91.9 Å². The van der Waals surface area contributed by atoms with Crippen molar-refractivity contribution >= 4 is 27.8 Å². The molecule has 154 valence electrons. The van der Waals surface area contributed by atoms with Crippen LogP contribution in [0.25, 0.3) is 0 Å². The van der Waals surface area contributed by atoms with E-state index in [1.54, 1.807) is 0 Å². The van der Waals surface area contributed by atoms with Crippen molar-refractivity contribution in [1.82, 2.24) is 5.32 Å². The van der Waals surface area contributed by atoms with Crippen LogP contribution in [0, 0.1) is 0 Å². The summed E-state index contributed by atoms with van der Waals surface area (Å²) in [7, 11) is 1.33. The Balaban J connectivity index is 1.95. The average molecular weight is 466 g/mol. The number of amides is 1. The van der Waals surface area contributed by atoms with Crippen LogP contribution < -0.4 is 5.32 Å². The Morgan fingerprint density at radius 1 is 0.933 bits per heavy atom. The van der Waals surface area contributed by atoms with E-state index < -0.39 is 17.4 Å². The first-order chi connectivity index (χ1) is 14.4. The van der Waals surface area contributed by atoms with Crippen LogP contribution >= 0.6 is 15.9 Å². The minimum Gasteiger partial charge on any atom is -0.467 e. The predicted octanol–water partition coefficient (Wildman–Crippen LogP) is 4.66. The zero-order valence-electron chi connectivity index (χ0n) is 17.0. The van der Waals surface area contributed by atoms with Crippen LogP contribution in [0.4, 0.5) is 0 Å². The fourth-order valence-corrected chi connectivity index (χ4v) is 3.96. The highest BCUT2D eigenvalue weighted by atomic mass is 79.9. The third-order valence-corrected chi connectivity index (χ3v) is 5.77. The standard InChI is InChI=1S/C25H24BrNO3/c1-25(19-11-5-3-6-12-19,20-13-7-4-8-14-20)24(29)27-22(23(28)30-2)17-18-10-9-15-21(26)16-18/h3-16,22H,17H2,1-2H3,(H,27,29)/t22-/m1/s1. The molecule has 0 saturated heterocycles. The fraction of sp³-hybridized carbons (Fsp3) is 0.200. The minimum atomic E-state index is -0.966. The van der Waals surface area contributed by atoms with E-state index in [0.717, 1.165) is 21.2 Å². The molecule has 5 heteroatoms. The van der Waals surface area contributed by atoms with Gasteiger partial charge in [-0.2, -0.15) is 0 Å². The summed E-state index contributed by atoms with van der Waals surface area (Å²) in [4.78, 5) is 26.1. The van der Waals surface area contributed by atoms with Crippen molar-refractivity contribution in [1.29, 1.82) is 0 Å². The van der Waals surface area contributed by atoms with Crippen LogP contribution in [0.5, 0.6) is 0 Å². The van der Waals surface area contributed by atoms with Crippen molar-refractivity contribution in [3.8, 4) is 0 Å². The van der Waals surface area contributed by atoms with Gasteiger partial charge in [0.15, 0.2) is 0 Å². The topological polar surface area (TPSA) is 55.4 Å². The monoisotopic (exact) mass is 465 g/mol. The fourth-order valence-electron chi connectivity index (χ4n) is 3.51. The molecule has 1 atom stereocenters. The Hall–Kier alpha value is -2.92. The lowest BCUT2D eigenvalue weighted by molar-refractivity contribution is -0.145. The van der Waals surface area contributed by atoms with Gasteiger partial charge in [0.1, 0.15) is 6.04 Å². The maximum Gasteiger partial charge on any atom is 0.328 e.